The highest BCUT2D eigenvalue weighted by molar-refractivity contribution is 7.89. The maximum atomic E-state index is 12.5. The highest BCUT2D eigenvalue weighted by Gasteiger charge is 2.22. The second kappa shape index (κ2) is 6.83. The molecular weight excluding hydrogens is 350 g/mol. The molecule has 2 aromatic carbocycles. The van der Waals surface area contributed by atoms with Crippen LogP contribution in [0.3, 0.4) is 0 Å². The molecule has 6 nitrogen and oxygen atoms in total. The van der Waals surface area contributed by atoms with Gasteiger partial charge in [0.05, 0.1) is 4.90 Å². The monoisotopic (exact) mass is 371 g/mol. The molecule has 0 unspecified atom stereocenters. The number of hydrogen-bond donors (Lipinski definition) is 2. The normalized spacial score (nSPS) is 16.9. The fourth-order valence-corrected chi connectivity index (χ4v) is 4.46. The molecule has 0 aromatic heterocycles. The summed E-state index contributed by atoms with van der Waals surface area (Å²) in [6.07, 6.45) is 1.40. The molecule has 26 heavy (non-hydrogen) atoms. The Hall–Kier alpha value is -2.22. The molecule has 0 spiro atoms. The zero-order valence-electron chi connectivity index (χ0n) is 14.4. The Kier molecular flexibility index (Phi) is 4.52. The SMILES string of the molecule is O=C1CCCN1c1ccc(S(=O)(=O)NCc2ccc3c(c2)CNC3)cc1. The number of hydrogen-bond acceptors (Lipinski definition) is 4. The molecule has 0 saturated carbocycles. The van der Waals surface area contributed by atoms with Crippen LogP contribution >= 0.6 is 0 Å². The summed E-state index contributed by atoms with van der Waals surface area (Å²) in [5.41, 5.74) is 4.18. The summed E-state index contributed by atoms with van der Waals surface area (Å²) in [5, 5.41) is 3.28. The fraction of sp³-hybridized carbons (Fsp3) is 0.316. The number of benzene rings is 2. The van der Waals surface area contributed by atoms with Gasteiger partial charge in [0, 0.05) is 38.3 Å². The minimum Gasteiger partial charge on any atom is -0.312 e. The molecule has 2 aromatic rings. The summed E-state index contributed by atoms with van der Waals surface area (Å²) in [6.45, 7) is 2.64. The van der Waals surface area contributed by atoms with Crippen molar-refractivity contribution in [1.29, 1.82) is 0 Å². The van der Waals surface area contributed by atoms with Crippen LogP contribution in [0, 0.1) is 0 Å². The lowest BCUT2D eigenvalue weighted by Crippen LogP contribution is -2.25. The molecule has 1 saturated heterocycles. The zero-order valence-corrected chi connectivity index (χ0v) is 15.2. The van der Waals surface area contributed by atoms with Gasteiger partial charge in [0.1, 0.15) is 0 Å². The van der Waals surface area contributed by atoms with Gasteiger partial charge in [-0.15, -0.1) is 0 Å². The van der Waals surface area contributed by atoms with Crippen LogP contribution in [0.15, 0.2) is 47.4 Å². The molecule has 4 rings (SSSR count). The number of carbonyl (C=O) groups is 1. The number of fused-ring (bicyclic) bond motifs is 1. The van der Waals surface area contributed by atoms with Crippen LogP contribution in [0.25, 0.3) is 0 Å². The lowest BCUT2D eigenvalue weighted by Gasteiger charge is -2.16. The van der Waals surface area contributed by atoms with E-state index in [4.69, 9.17) is 0 Å². The number of nitrogens with zero attached hydrogens (tertiary/aromatic N) is 1. The van der Waals surface area contributed by atoms with Gasteiger partial charge >= 0.3 is 0 Å². The number of sulfonamides is 1. The van der Waals surface area contributed by atoms with Gasteiger partial charge in [-0.05, 0) is 47.4 Å². The van der Waals surface area contributed by atoms with Gasteiger partial charge in [-0.25, -0.2) is 13.1 Å². The molecule has 0 atom stereocenters. The third kappa shape index (κ3) is 3.38. The highest BCUT2D eigenvalue weighted by atomic mass is 32.2. The highest BCUT2D eigenvalue weighted by Crippen LogP contribution is 2.23. The Bertz CT molecular complexity index is 939. The summed E-state index contributed by atoms with van der Waals surface area (Å²) in [5.74, 6) is 0.0878. The van der Waals surface area contributed by atoms with Gasteiger partial charge in [-0.1, -0.05) is 18.2 Å². The van der Waals surface area contributed by atoms with Gasteiger partial charge in [-0.3, -0.25) is 4.79 Å². The molecule has 7 heteroatoms. The Morgan fingerprint density at radius 3 is 2.54 bits per heavy atom. The molecule has 0 radical (unpaired) electrons. The maximum Gasteiger partial charge on any atom is 0.240 e. The van der Waals surface area contributed by atoms with Crippen molar-refractivity contribution >= 4 is 21.6 Å². The molecule has 0 aliphatic carbocycles. The predicted molar refractivity (Wildman–Crippen MR) is 99.0 cm³/mol. The van der Waals surface area contributed by atoms with Crippen molar-refractivity contribution in [2.45, 2.75) is 37.4 Å². The van der Waals surface area contributed by atoms with Gasteiger partial charge in [0.15, 0.2) is 0 Å². The Morgan fingerprint density at radius 2 is 1.81 bits per heavy atom. The molecule has 2 aliphatic heterocycles. The Morgan fingerprint density at radius 1 is 1.04 bits per heavy atom. The molecule has 136 valence electrons. The van der Waals surface area contributed by atoms with E-state index in [9.17, 15) is 13.2 Å². The van der Waals surface area contributed by atoms with Crippen molar-refractivity contribution in [1.82, 2.24) is 10.0 Å². The van der Waals surface area contributed by atoms with Crippen molar-refractivity contribution in [2.75, 3.05) is 11.4 Å². The average molecular weight is 371 g/mol. The Balaban J connectivity index is 1.45. The number of rotatable bonds is 5. The minimum absolute atomic E-state index is 0.0878. The van der Waals surface area contributed by atoms with Crippen LogP contribution in [-0.2, 0) is 34.5 Å². The molecule has 1 fully saturated rings. The van der Waals surface area contributed by atoms with E-state index in [1.54, 1.807) is 29.2 Å². The third-order valence-electron chi connectivity index (χ3n) is 4.90. The standard InChI is InChI=1S/C19H21N3O3S/c23-19-2-1-9-22(19)17-5-7-18(8-6-17)26(24,25)21-11-14-3-4-15-12-20-13-16(15)10-14/h3-8,10,20-21H,1-2,9,11-13H2. The largest absolute Gasteiger partial charge is 0.312 e. The second-order valence-electron chi connectivity index (χ2n) is 6.67. The van der Waals surface area contributed by atoms with Gasteiger partial charge in [0.2, 0.25) is 15.9 Å². The van der Waals surface area contributed by atoms with Gasteiger partial charge < -0.3 is 10.2 Å². The third-order valence-corrected chi connectivity index (χ3v) is 6.32. The summed E-state index contributed by atoms with van der Waals surface area (Å²) < 4.78 is 27.7. The van der Waals surface area contributed by atoms with Crippen LogP contribution in [0.2, 0.25) is 0 Å². The minimum atomic E-state index is -3.60. The number of amides is 1. The fourth-order valence-electron chi connectivity index (χ4n) is 3.45. The number of carbonyl (C=O) groups excluding carboxylic acids is 1. The van der Waals surface area contributed by atoms with Crippen molar-refractivity contribution in [3.63, 3.8) is 0 Å². The van der Waals surface area contributed by atoms with Crippen LogP contribution in [0.1, 0.15) is 29.5 Å². The second-order valence-corrected chi connectivity index (χ2v) is 8.44. The Labute approximate surface area is 153 Å². The van der Waals surface area contributed by atoms with Gasteiger partial charge in [0.25, 0.3) is 0 Å². The molecule has 1 amide bonds. The van der Waals surface area contributed by atoms with Crippen molar-refractivity contribution in [3.8, 4) is 0 Å². The van der Waals surface area contributed by atoms with E-state index in [2.05, 4.69) is 10.0 Å². The predicted octanol–water partition coefficient (Wildman–Crippen LogP) is 1.90. The van der Waals surface area contributed by atoms with E-state index in [-0.39, 0.29) is 17.3 Å². The van der Waals surface area contributed by atoms with Crippen molar-refractivity contribution < 1.29 is 13.2 Å². The van der Waals surface area contributed by atoms with Crippen LogP contribution in [-0.4, -0.2) is 20.9 Å². The van der Waals surface area contributed by atoms with Crippen molar-refractivity contribution in [2.24, 2.45) is 0 Å². The average Bonchev–Trinajstić information content (AvgIpc) is 3.28. The van der Waals surface area contributed by atoms with E-state index in [1.807, 2.05) is 18.2 Å². The molecule has 2 aliphatic rings. The maximum absolute atomic E-state index is 12.5. The first kappa shape index (κ1) is 17.2. The van der Waals surface area contributed by atoms with Crippen LogP contribution < -0.4 is 14.9 Å². The van der Waals surface area contributed by atoms with Crippen molar-refractivity contribution in [3.05, 3.63) is 59.2 Å². The molecule has 2 heterocycles. The lowest BCUT2D eigenvalue weighted by molar-refractivity contribution is -0.117. The first-order valence-electron chi connectivity index (χ1n) is 8.74. The molecular formula is C19H21N3O3S. The lowest BCUT2D eigenvalue weighted by atomic mass is 10.1. The molecule has 2 N–H and O–H groups in total. The topological polar surface area (TPSA) is 78.5 Å². The number of nitrogens with one attached hydrogen (secondary N) is 2. The zero-order chi connectivity index (χ0) is 18.1. The smallest absolute Gasteiger partial charge is 0.240 e. The van der Waals surface area contributed by atoms with E-state index in [0.29, 0.717) is 13.0 Å². The first-order chi connectivity index (χ1) is 12.5. The summed E-state index contributed by atoms with van der Waals surface area (Å²) in [7, 11) is -3.60. The van der Waals surface area contributed by atoms with E-state index in [1.165, 1.54) is 11.1 Å². The van der Waals surface area contributed by atoms with E-state index >= 15 is 0 Å². The number of anilines is 1. The van der Waals surface area contributed by atoms with Crippen LogP contribution in [0.4, 0.5) is 5.69 Å². The quantitative estimate of drug-likeness (QED) is 0.841. The van der Waals surface area contributed by atoms with E-state index < -0.39 is 10.0 Å². The summed E-state index contributed by atoms with van der Waals surface area (Å²) >= 11 is 0. The van der Waals surface area contributed by atoms with E-state index in [0.717, 1.165) is 30.8 Å². The van der Waals surface area contributed by atoms with Crippen LogP contribution in [0.5, 0.6) is 0 Å². The first-order valence-corrected chi connectivity index (χ1v) is 10.2. The van der Waals surface area contributed by atoms with Gasteiger partial charge in [-0.2, -0.15) is 0 Å². The summed E-state index contributed by atoms with van der Waals surface area (Å²) in [4.78, 5) is 13.7. The molecule has 0 bridgehead atoms. The summed E-state index contributed by atoms with van der Waals surface area (Å²) in [6, 6.07) is 12.5.